The molecule has 102 valence electrons. The van der Waals surface area contributed by atoms with Gasteiger partial charge in [0.05, 0.1) is 17.8 Å². The first kappa shape index (κ1) is 14.3. The first-order valence-corrected chi connectivity index (χ1v) is 6.59. The fraction of sp³-hybridized carbons (Fsp3) is 0.467. The minimum atomic E-state index is -0.319. The van der Waals surface area contributed by atoms with E-state index in [4.69, 9.17) is 14.4 Å². The van der Waals surface area contributed by atoms with Crippen molar-refractivity contribution in [3.63, 3.8) is 0 Å². The highest BCUT2D eigenvalue weighted by Gasteiger charge is 2.51. The molecule has 0 amide bonds. The third kappa shape index (κ3) is 2.91. The Bertz CT molecular complexity index is 447. The van der Waals surface area contributed by atoms with E-state index in [0.29, 0.717) is 0 Å². The van der Waals surface area contributed by atoms with Crippen molar-refractivity contribution in [3.05, 3.63) is 35.9 Å². The van der Waals surface area contributed by atoms with E-state index >= 15 is 0 Å². The predicted octanol–water partition coefficient (Wildman–Crippen LogP) is 1.99. The Hall–Kier alpha value is -1.10. The highest BCUT2D eigenvalue weighted by atomic mass is 16.7. The number of benzene rings is 1. The van der Waals surface area contributed by atoms with Crippen LogP contribution in [0.2, 0.25) is 0 Å². The lowest BCUT2D eigenvalue weighted by atomic mass is 9.79. The molecule has 0 radical (unpaired) electrons. The summed E-state index contributed by atoms with van der Waals surface area (Å²) in [6.07, 6.45) is 3.60. The number of hydrogen-bond donors (Lipinski definition) is 1. The predicted molar refractivity (Wildman–Crippen MR) is 78.3 cm³/mol. The third-order valence-electron chi connectivity index (χ3n) is 3.88. The van der Waals surface area contributed by atoms with E-state index in [1.165, 1.54) is 0 Å². The summed E-state index contributed by atoms with van der Waals surface area (Å²) in [6.45, 7) is 8.24. The van der Waals surface area contributed by atoms with Crippen LogP contribution in [0.1, 0.15) is 33.3 Å². The lowest BCUT2D eigenvalue weighted by Gasteiger charge is -2.32. The lowest BCUT2D eigenvalue weighted by Crippen LogP contribution is -2.41. The Morgan fingerprint density at radius 2 is 1.58 bits per heavy atom. The van der Waals surface area contributed by atoms with Gasteiger partial charge in [0, 0.05) is 0 Å². The van der Waals surface area contributed by atoms with Gasteiger partial charge in [0.2, 0.25) is 0 Å². The van der Waals surface area contributed by atoms with Gasteiger partial charge in [-0.2, -0.15) is 0 Å². The molecule has 0 atom stereocenters. The van der Waals surface area contributed by atoms with E-state index < -0.39 is 0 Å². The van der Waals surface area contributed by atoms with Gasteiger partial charge in [0.15, 0.2) is 0 Å². The summed E-state index contributed by atoms with van der Waals surface area (Å²) in [6, 6.07) is 7.98. The standard InChI is InChI=1S/C15H21BO3/c1-14(2)15(3,4)19-16(18-14)13-9-7-12(8-10-13)6-5-11-17/h5-10,17H,11H2,1-4H3. The summed E-state index contributed by atoms with van der Waals surface area (Å²) in [7, 11) is -0.319. The van der Waals surface area contributed by atoms with Crippen molar-refractivity contribution >= 4 is 18.7 Å². The number of rotatable bonds is 3. The summed E-state index contributed by atoms with van der Waals surface area (Å²) in [5.74, 6) is 0. The monoisotopic (exact) mass is 260 g/mol. The molecule has 1 N–H and O–H groups in total. The van der Waals surface area contributed by atoms with Crippen molar-refractivity contribution in [3.8, 4) is 0 Å². The Kier molecular flexibility index (Phi) is 3.86. The van der Waals surface area contributed by atoms with Crippen LogP contribution in [0.15, 0.2) is 30.3 Å². The Morgan fingerprint density at radius 3 is 2.05 bits per heavy atom. The maximum Gasteiger partial charge on any atom is 0.494 e. The molecule has 0 bridgehead atoms. The van der Waals surface area contributed by atoms with Crippen LogP contribution in [0.5, 0.6) is 0 Å². The molecular formula is C15H21BO3. The highest BCUT2D eigenvalue weighted by Crippen LogP contribution is 2.36. The van der Waals surface area contributed by atoms with Gasteiger partial charge in [-0.05, 0) is 38.7 Å². The van der Waals surface area contributed by atoms with Crippen LogP contribution < -0.4 is 5.46 Å². The number of hydrogen-bond acceptors (Lipinski definition) is 3. The molecule has 0 aromatic heterocycles. The van der Waals surface area contributed by atoms with E-state index in [1.54, 1.807) is 6.08 Å². The smallest absolute Gasteiger partial charge is 0.399 e. The maximum absolute atomic E-state index is 8.74. The molecule has 19 heavy (non-hydrogen) atoms. The van der Waals surface area contributed by atoms with Gasteiger partial charge >= 0.3 is 7.12 Å². The van der Waals surface area contributed by atoms with Crippen molar-refractivity contribution < 1.29 is 14.4 Å². The summed E-state index contributed by atoms with van der Waals surface area (Å²) >= 11 is 0. The van der Waals surface area contributed by atoms with Crippen LogP contribution in [-0.2, 0) is 9.31 Å². The molecule has 2 rings (SSSR count). The Balaban J connectivity index is 2.14. The van der Waals surface area contributed by atoms with Crippen LogP contribution in [0, 0.1) is 0 Å². The molecule has 0 spiro atoms. The zero-order valence-corrected chi connectivity index (χ0v) is 12.0. The van der Waals surface area contributed by atoms with Crippen molar-refractivity contribution in [2.24, 2.45) is 0 Å². The molecule has 1 saturated heterocycles. The van der Waals surface area contributed by atoms with Gasteiger partial charge in [-0.3, -0.25) is 0 Å². The van der Waals surface area contributed by atoms with Crippen LogP contribution in [0.4, 0.5) is 0 Å². The number of aliphatic hydroxyl groups is 1. The Labute approximate surface area is 115 Å². The van der Waals surface area contributed by atoms with Gasteiger partial charge in [-0.25, -0.2) is 0 Å². The van der Waals surface area contributed by atoms with E-state index in [2.05, 4.69) is 0 Å². The van der Waals surface area contributed by atoms with Crippen LogP contribution >= 0.6 is 0 Å². The SMILES string of the molecule is CC1(C)OB(c2ccc(C=CCO)cc2)OC1(C)C. The quantitative estimate of drug-likeness (QED) is 0.845. The molecular weight excluding hydrogens is 239 g/mol. The Morgan fingerprint density at radius 1 is 1.05 bits per heavy atom. The van der Waals surface area contributed by atoms with Gasteiger partial charge in [-0.15, -0.1) is 0 Å². The summed E-state index contributed by atoms with van der Waals surface area (Å²) in [5, 5.41) is 8.74. The minimum Gasteiger partial charge on any atom is -0.399 e. The molecule has 1 aliphatic rings. The molecule has 0 saturated carbocycles. The van der Waals surface area contributed by atoms with Gasteiger partial charge < -0.3 is 14.4 Å². The average molecular weight is 260 g/mol. The maximum atomic E-state index is 8.74. The summed E-state index contributed by atoms with van der Waals surface area (Å²) < 4.78 is 12.0. The second kappa shape index (κ2) is 5.12. The second-order valence-electron chi connectivity index (χ2n) is 5.84. The molecule has 1 heterocycles. The highest BCUT2D eigenvalue weighted by molar-refractivity contribution is 6.62. The average Bonchev–Trinajstić information content (AvgIpc) is 2.56. The zero-order valence-electron chi connectivity index (χ0n) is 12.0. The lowest BCUT2D eigenvalue weighted by molar-refractivity contribution is 0.00578. The van der Waals surface area contributed by atoms with Crippen LogP contribution in [-0.4, -0.2) is 30.0 Å². The van der Waals surface area contributed by atoms with E-state index in [0.717, 1.165) is 11.0 Å². The summed E-state index contributed by atoms with van der Waals surface area (Å²) in [5.41, 5.74) is 1.44. The van der Waals surface area contributed by atoms with Crippen molar-refractivity contribution in [1.29, 1.82) is 0 Å². The number of aliphatic hydroxyl groups excluding tert-OH is 1. The zero-order chi connectivity index (χ0) is 14.1. The molecule has 3 nitrogen and oxygen atoms in total. The van der Waals surface area contributed by atoms with Crippen molar-refractivity contribution in [2.75, 3.05) is 6.61 Å². The molecule has 1 aromatic rings. The van der Waals surface area contributed by atoms with Gasteiger partial charge in [0.1, 0.15) is 0 Å². The topological polar surface area (TPSA) is 38.7 Å². The van der Waals surface area contributed by atoms with Crippen LogP contribution in [0.25, 0.3) is 6.08 Å². The minimum absolute atomic E-state index is 0.0545. The molecule has 4 heteroatoms. The molecule has 1 aliphatic heterocycles. The first-order valence-electron chi connectivity index (χ1n) is 6.59. The normalized spacial score (nSPS) is 21.2. The molecule has 0 aliphatic carbocycles. The van der Waals surface area contributed by atoms with E-state index in [-0.39, 0.29) is 24.9 Å². The molecule has 1 aromatic carbocycles. The van der Waals surface area contributed by atoms with Crippen molar-refractivity contribution in [1.82, 2.24) is 0 Å². The third-order valence-corrected chi connectivity index (χ3v) is 3.88. The largest absolute Gasteiger partial charge is 0.494 e. The molecule has 1 fully saturated rings. The molecule has 0 unspecified atom stereocenters. The fourth-order valence-electron chi connectivity index (χ4n) is 1.93. The van der Waals surface area contributed by atoms with E-state index in [9.17, 15) is 0 Å². The first-order chi connectivity index (χ1) is 8.86. The van der Waals surface area contributed by atoms with Gasteiger partial charge in [0.25, 0.3) is 0 Å². The van der Waals surface area contributed by atoms with Crippen molar-refractivity contribution in [2.45, 2.75) is 38.9 Å². The fourth-order valence-corrected chi connectivity index (χ4v) is 1.93. The van der Waals surface area contributed by atoms with E-state index in [1.807, 2.05) is 58.0 Å². The van der Waals surface area contributed by atoms with Crippen LogP contribution in [0.3, 0.4) is 0 Å². The second-order valence-corrected chi connectivity index (χ2v) is 5.84. The summed E-state index contributed by atoms with van der Waals surface area (Å²) in [4.78, 5) is 0. The van der Waals surface area contributed by atoms with Gasteiger partial charge in [-0.1, -0.05) is 36.4 Å².